The Kier molecular flexibility index (Phi) is 5.15. The average molecular weight is 332 g/mol. The number of carbonyl (C=O) groups is 1. The number of furan rings is 1. The summed E-state index contributed by atoms with van der Waals surface area (Å²) in [6, 6.07) is 9.47. The van der Waals surface area contributed by atoms with Gasteiger partial charge in [-0.1, -0.05) is 0 Å². The molecule has 0 radical (unpaired) electrons. The standard InChI is InChI=1S/C18H21FN2O3/c19-12-1-7-15(8-2-12)23-11-16-9-10-17(24-16)18(22)21-14-5-3-13(20)4-6-14/h1-2,7-10,13-14H,3-6,11,20H2,(H,21,22). The maximum Gasteiger partial charge on any atom is 0.287 e. The normalized spacial score (nSPS) is 20.6. The van der Waals surface area contributed by atoms with Crippen LogP contribution in [0.5, 0.6) is 5.75 Å². The zero-order valence-corrected chi connectivity index (χ0v) is 13.3. The van der Waals surface area contributed by atoms with Crippen molar-refractivity contribution in [1.82, 2.24) is 5.32 Å². The van der Waals surface area contributed by atoms with Crippen molar-refractivity contribution in [3.05, 3.63) is 53.7 Å². The summed E-state index contributed by atoms with van der Waals surface area (Å²) in [5, 5.41) is 2.98. The lowest BCUT2D eigenvalue weighted by Crippen LogP contribution is -2.40. The number of rotatable bonds is 5. The van der Waals surface area contributed by atoms with Crippen molar-refractivity contribution >= 4 is 5.91 Å². The highest BCUT2D eigenvalue weighted by Crippen LogP contribution is 2.18. The first-order chi connectivity index (χ1) is 11.6. The SMILES string of the molecule is NC1CCC(NC(=O)c2ccc(COc3ccc(F)cc3)o2)CC1. The van der Waals surface area contributed by atoms with Gasteiger partial charge in [-0.3, -0.25) is 4.79 Å². The van der Waals surface area contributed by atoms with Gasteiger partial charge in [-0.2, -0.15) is 0 Å². The third kappa shape index (κ3) is 4.35. The van der Waals surface area contributed by atoms with Crippen molar-refractivity contribution in [3.63, 3.8) is 0 Å². The Balaban J connectivity index is 1.51. The van der Waals surface area contributed by atoms with Gasteiger partial charge in [0.15, 0.2) is 5.76 Å². The first kappa shape index (κ1) is 16.5. The second-order valence-corrected chi connectivity index (χ2v) is 6.09. The smallest absolute Gasteiger partial charge is 0.287 e. The Bertz CT molecular complexity index is 676. The lowest BCUT2D eigenvalue weighted by Gasteiger charge is -2.26. The summed E-state index contributed by atoms with van der Waals surface area (Å²) < 4.78 is 23.8. The van der Waals surface area contributed by atoms with Gasteiger partial charge in [0.1, 0.15) is 23.9 Å². The van der Waals surface area contributed by atoms with Crippen LogP contribution in [0.25, 0.3) is 0 Å². The zero-order chi connectivity index (χ0) is 16.9. The van der Waals surface area contributed by atoms with E-state index in [4.69, 9.17) is 14.9 Å². The average Bonchev–Trinajstić information content (AvgIpc) is 3.06. The van der Waals surface area contributed by atoms with Crippen molar-refractivity contribution in [3.8, 4) is 5.75 Å². The molecule has 2 aromatic rings. The number of hydrogen-bond acceptors (Lipinski definition) is 4. The quantitative estimate of drug-likeness (QED) is 0.882. The molecule has 1 aliphatic rings. The summed E-state index contributed by atoms with van der Waals surface area (Å²) in [6.07, 6.45) is 3.65. The Morgan fingerprint density at radius 3 is 2.58 bits per heavy atom. The highest BCUT2D eigenvalue weighted by atomic mass is 19.1. The van der Waals surface area contributed by atoms with Crippen molar-refractivity contribution in [2.45, 2.75) is 44.4 Å². The summed E-state index contributed by atoms with van der Waals surface area (Å²) in [7, 11) is 0. The van der Waals surface area contributed by atoms with Gasteiger partial charge in [-0.25, -0.2) is 4.39 Å². The van der Waals surface area contributed by atoms with Crippen LogP contribution < -0.4 is 15.8 Å². The molecule has 3 N–H and O–H groups in total. The van der Waals surface area contributed by atoms with Gasteiger partial charge < -0.3 is 20.2 Å². The predicted molar refractivity (Wildman–Crippen MR) is 87.1 cm³/mol. The van der Waals surface area contributed by atoms with Gasteiger partial charge >= 0.3 is 0 Å². The van der Waals surface area contributed by atoms with E-state index < -0.39 is 0 Å². The lowest BCUT2D eigenvalue weighted by atomic mass is 9.92. The minimum absolute atomic E-state index is 0.154. The molecule has 0 spiro atoms. The van der Waals surface area contributed by atoms with Crippen molar-refractivity contribution < 1.29 is 18.3 Å². The second kappa shape index (κ2) is 7.49. The van der Waals surface area contributed by atoms with E-state index in [0.717, 1.165) is 25.7 Å². The van der Waals surface area contributed by atoms with Crippen LogP contribution in [0.4, 0.5) is 4.39 Å². The predicted octanol–water partition coefficient (Wildman–Crippen LogP) is 3.00. The van der Waals surface area contributed by atoms with Crippen LogP contribution in [-0.4, -0.2) is 18.0 Å². The van der Waals surface area contributed by atoms with Gasteiger partial charge in [0.05, 0.1) is 0 Å². The number of benzene rings is 1. The number of carbonyl (C=O) groups excluding carboxylic acids is 1. The molecule has 1 fully saturated rings. The van der Waals surface area contributed by atoms with Gasteiger partial charge in [0.2, 0.25) is 0 Å². The molecule has 0 atom stereocenters. The largest absolute Gasteiger partial charge is 0.486 e. The van der Waals surface area contributed by atoms with Crippen LogP contribution in [0.15, 0.2) is 40.8 Å². The molecule has 24 heavy (non-hydrogen) atoms. The van der Waals surface area contributed by atoms with Crippen LogP contribution in [0, 0.1) is 5.82 Å². The molecule has 1 aromatic heterocycles. The van der Waals surface area contributed by atoms with Crippen molar-refractivity contribution in [2.75, 3.05) is 0 Å². The Morgan fingerprint density at radius 1 is 1.17 bits per heavy atom. The third-order valence-corrected chi connectivity index (χ3v) is 4.19. The molecule has 0 aliphatic heterocycles. The Morgan fingerprint density at radius 2 is 1.88 bits per heavy atom. The first-order valence-corrected chi connectivity index (χ1v) is 8.13. The minimum Gasteiger partial charge on any atom is -0.486 e. The summed E-state index contributed by atoms with van der Waals surface area (Å²) >= 11 is 0. The summed E-state index contributed by atoms with van der Waals surface area (Å²) in [4.78, 5) is 12.2. The molecule has 1 saturated carbocycles. The van der Waals surface area contributed by atoms with Gasteiger partial charge in [-0.05, 0) is 62.1 Å². The monoisotopic (exact) mass is 332 g/mol. The summed E-state index contributed by atoms with van der Waals surface area (Å²) in [6.45, 7) is 0.178. The minimum atomic E-state index is -0.317. The highest BCUT2D eigenvalue weighted by Gasteiger charge is 2.21. The molecule has 1 heterocycles. The van der Waals surface area contributed by atoms with E-state index >= 15 is 0 Å². The maximum atomic E-state index is 12.8. The molecule has 5 nitrogen and oxygen atoms in total. The molecular formula is C18H21FN2O3. The second-order valence-electron chi connectivity index (χ2n) is 6.09. The Hall–Kier alpha value is -2.34. The number of amides is 1. The van der Waals surface area contributed by atoms with E-state index in [9.17, 15) is 9.18 Å². The molecule has 0 unspecified atom stereocenters. The third-order valence-electron chi connectivity index (χ3n) is 4.19. The topological polar surface area (TPSA) is 77.5 Å². The van der Waals surface area contributed by atoms with E-state index in [0.29, 0.717) is 11.5 Å². The van der Waals surface area contributed by atoms with Gasteiger partial charge in [0.25, 0.3) is 5.91 Å². The molecule has 3 rings (SSSR count). The first-order valence-electron chi connectivity index (χ1n) is 8.13. The van der Waals surface area contributed by atoms with Gasteiger partial charge in [0, 0.05) is 12.1 Å². The van der Waals surface area contributed by atoms with Gasteiger partial charge in [-0.15, -0.1) is 0 Å². The fourth-order valence-electron chi connectivity index (χ4n) is 2.78. The van der Waals surface area contributed by atoms with Crippen molar-refractivity contribution in [1.29, 1.82) is 0 Å². The van der Waals surface area contributed by atoms with Crippen molar-refractivity contribution in [2.24, 2.45) is 5.73 Å². The number of ether oxygens (including phenoxy) is 1. The Labute approximate surface area is 140 Å². The highest BCUT2D eigenvalue weighted by molar-refractivity contribution is 5.91. The maximum absolute atomic E-state index is 12.8. The molecule has 1 amide bonds. The molecule has 6 heteroatoms. The lowest BCUT2D eigenvalue weighted by molar-refractivity contribution is 0.0893. The number of halogens is 1. The molecule has 1 aliphatic carbocycles. The molecule has 1 aromatic carbocycles. The summed E-state index contributed by atoms with van der Waals surface area (Å²) in [5.41, 5.74) is 5.87. The van der Waals surface area contributed by atoms with Crippen LogP contribution in [0.2, 0.25) is 0 Å². The van der Waals surface area contributed by atoms with E-state index in [1.165, 1.54) is 12.1 Å². The molecule has 128 valence electrons. The van der Waals surface area contributed by atoms with E-state index in [1.807, 2.05) is 0 Å². The van der Waals surface area contributed by atoms with Crippen LogP contribution in [-0.2, 0) is 6.61 Å². The number of nitrogens with two attached hydrogens (primary N) is 1. The number of nitrogens with one attached hydrogen (secondary N) is 1. The fourth-order valence-corrected chi connectivity index (χ4v) is 2.78. The molecular weight excluding hydrogens is 311 g/mol. The van der Waals surface area contributed by atoms with Crippen LogP contribution in [0.1, 0.15) is 42.0 Å². The van der Waals surface area contributed by atoms with E-state index in [-0.39, 0.29) is 36.2 Å². The van der Waals surface area contributed by atoms with E-state index in [2.05, 4.69) is 5.32 Å². The van der Waals surface area contributed by atoms with Crippen LogP contribution >= 0.6 is 0 Å². The number of hydrogen-bond donors (Lipinski definition) is 2. The zero-order valence-electron chi connectivity index (χ0n) is 13.3. The van der Waals surface area contributed by atoms with E-state index in [1.54, 1.807) is 24.3 Å². The molecule has 0 saturated heterocycles. The summed E-state index contributed by atoms with van der Waals surface area (Å²) in [5.74, 6) is 0.807. The molecule has 0 bridgehead atoms. The fraction of sp³-hybridized carbons (Fsp3) is 0.389. The van der Waals surface area contributed by atoms with Crippen LogP contribution in [0.3, 0.4) is 0 Å².